The standard InChI is InChI=1S/C12H11F4N3O2/c1-17-8(12(15,16)11(13)14)5-2-3-6-7(4-5)19-10(21)9(20)18-6/h2-4,8,11,17H,1H3,(H,18,20)(H,19,21). The van der Waals surface area contributed by atoms with Crippen LogP contribution in [0.2, 0.25) is 0 Å². The number of halogens is 4. The van der Waals surface area contributed by atoms with Crippen molar-refractivity contribution in [1.82, 2.24) is 15.3 Å². The molecule has 0 amide bonds. The van der Waals surface area contributed by atoms with Gasteiger partial charge < -0.3 is 15.3 Å². The minimum atomic E-state index is -4.29. The van der Waals surface area contributed by atoms with Gasteiger partial charge >= 0.3 is 23.5 Å². The molecule has 0 saturated carbocycles. The second-order valence-corrected chi connectivity index (χ2v) is 4.41. The summed E-state index contributed by atoms with van der Waals surface area (Å²) in [5, 5.41) is 2.14. The van der Waals surface area contributed by atoms with Crippen LogP contribution in [0.4, 0.5) is 17.6 Å². The summed E-state index contributed by atoms with van der Waals surface area (Å²) >= 11 is 0. The van der Waals surface area contributed by atoms with E-state index < -0.39 is 29.5 Å². The van der Waals surface area contributed by atoms with Crippen LogP contribution >= 0.6 is 0 Å². The predicted octanol–water partition coefficient (Wildman–Crippen LogP) is 1.38. The van der Waals surface area contributed by atoms with Crippen LogP contribution in [0.15, 0.2) is 27.8 Å². The number of nitrogens with one attached hydrogen (secondary N) is 3. The smallest absolute Gasteiger partial charge is 0.316 e. The van der Waals surface area contributed by atoms with E-state index in [4.69, 9.17) is 0 Å². The molecule has 0 spiro atoms. The summed E-state index contributed by atoms with van der Waals surface area (Å²) in [5.74, 6) is -4.29. The summed E-state index contributed by atoms with van der Waals surface area (Å²) in [6.07, 6.45) is -3.85. The van der Waals surface area contributed by atoms with Crippen LogP contribution in [0.3, 0.4) is 0 Å². The summed E-state index contributed by atoms with van der Waals surface area (Å²) in [6.45, 7) is 0. The van der Waals surface area contributed by atoms with Crippen LogP contribution < -0.4 is 16.4 Å². The molecular weight excluding hydrogens is 294 g/mol. The zero-order valence-electron chi connectivity index (χ0n) is 10.7. The van der Waals surface area contributed by atoms with Crippen molar-refractivity contribution in [2.75, 3.05) is 7.05 Å². The normalized spacial score (nSPS) is 13.8. The highest BCUT2D eigenvalue weighted by atomic mass is 19.3. The molecule has 1 aromatic heterocycles. The minimum Gasteiger partial charge on any atom is -0.316 e. The fourth-order valence-corrected chi connectivity index (χ4v) is 2.02. The highest BCUT2D eigenvalue weighted by molar-refractivity contribution is 5.74. The molecule has 0 radical (unpaired) electrons. The fraction of sp³-hybridized carbons (Fsp3) is 0.333. The highest BCUT2D eigenvalue weighted by Gasteiger charge is 2.48. The van der Waals surface area contributed by atoms with E-state index in [-0.39, 0.29) is 16.6 Å². The molecule has 0 aliphatic heterocycles. The minimum absolute atomic E-state index is 0.0717. The number of benzene rings is 1. The predicted molar refractivity (Wildman–Crippen MR) is 67.9 cm³/mol. The maximum atomic E-state index is 13.5. The van der Waals surface area contributed by atoms with Crippen molar-refractivity contribution >= 4 is 11.0 Å². The highest BCUT2D eigenvalue weighted by Crippen LogP contribution is 2.36. The Morgan fingerprint density at radius 3 is 2.19 bits per heavy atom. The molecule has 0 saturated heterocycles. The second kappa shape index (κ2) is 5.32. The Labute approximate surface area is 115 Å². The quantitative estimate of drug-likeness (QED) is 0.590. The van der Waals surface area contributed by atoms with E-state index in [2.05, 4.69) is 15.3 Å². The number of aromatic nitrogens is 2. The summed E-state index contributed by atoms with van der Waals surface area (Å²) in [7, 11) is 1.13. The van der Waals surface area contributed by atoms with E-state index in [1.54, 1.807) is 0 Å². The van der Waals surface area contributed by atoms with Crippen molar-refractivity contribution in [3.63, 3.8) is 0 Å². The van der Waals surface area contributed by atoms with Crippen molar-refractivity contribution in [3.05, 3.63) is 44.5 Å². The van der Waals surface area contributed by atoms with Crippen molar-refractivity contribution in [1.29, 1.82) is 0 Å². The first-order valence-corrected chi connectivity index (χ1v) is 5.87. The van der Waals surface area contributed by atoms with Gasteiger partial charge in [-0.05, 0) is 24.7 Å². The first-order chi connectivity index (χ1) is 9.77. The van der Waals surface area contributed by atoms with E-state index in [1.807, 2.05) is 0 Å². The number of rotatable bonds is 4. The molecule has 0 aliphatic rings. The van der Waals surface area contributed by atoms with Gasteiger partial charge in [0.15, 0.2) is 0 Å². The van der Waals surface area contributed by atoms with Crippen LogP contribution in [0, 0.1) is 0 Å². The van der Waals surface area contributed by atoms with Crippen molar-refractivity contribution in [2.45, 2.75) is 18.4 Å². The van der Waals surface area contributed by atoms with Gasteiger partial charge in [0.2, 0.25) is 0 Å². The Kier molecular flexibility index (Phi) is 3.86. The zero-order valence-corrected chi connectivity index (χ0v) is 10.7. The molecule has 21 heavy (non-hydrogen) atoms. The van der Waals surface area contributed by atoms with Crippen LogP contribution in [-0.2, 0) is 0 Å². The molecular formula is C12H11F4N3O2. The summed E-state index contributed by atoms with van der Waals surface area (Å²) in [4.78, 5) is 26.8. The molecule has 0 aliphatic carbocycles. The zero-order chi connectivity index (χ0) is 15.8. The lowest BCUT2D eigenvalue weighted by Gasteiger charge is -2.26. The van der Waals surface area contributed by atoms with Crippen LogP contribution in [0.1, 0.15) is 11.6 Å². The molecule has 0 fully saturated rings. The molecule has 5 nitrogen and oxygen atoms in total. The fourth-order valence-electron chi connectivity index (χ4n) is 2.02. The summed E-state index contributed by atoms with van der Waals surface area (Å²) in [6, 6.07) is 1.61. The maximum absolute atomic E-state index is 13.5. The van der Waals surface area contributed by atoms with Gasteiger partial charge in [-0.2, -0.15) is 8.78 Å². The molecule has 114 valence electrons. The number of fused-ring (bicyclic) bond motifs is 1. The molecule has 2 rings (SSSR count). The Morgan fingerprint density at radius 2 is 1.67 bits per heavy atom. The molecule has 1 atom stereocenters. The molecule has 3 N–H and O–H groups in total. The molecule has 2 aromatic rings. The number of hydrogen-bond acceptors (Lipinski definition) is 3. The maximum Gasteiger partial charge on any atom is 0.326 e. The molecule has 1 unspecified atom stereocenters. The number of aromatic amines is 2. The number of hydrogen-bond donors (Lipinski definition) is 3. The molecule has 1 aromatic carbocycles. The van der Waals surface area contributed by atoms with Gasteiger partial charge in [0.25, 0.3) is 0 Å². The van der Waals surface area contributed by atoms with Crippen LogP contribution in [0.25, 0.3) is 11.0 Å². The third-order valence-corrected chi connectivity index (χ3v) is 3.04. The van der Waals surface area contributed by atoms with E-state index >= 15 is 0 Å². The lowest BCUT2D eigenvalue weighted by molar-refractivity contribution is -0.150. The SMILES string of the molecule is CNC(c1ccc2[nH]c(=O)c(=O)[nH]c2c1)C(F)(F)C(F)F. The Balaban J connectivity index is 2.58. The summed E-state index contributed by atoms with van der Waals surface area (Å²) in [5.41, 5.74) is -1.71. The monoisotopic (exact) mass is 305 g/mol. The first-order valence-electron chi connectivity index (χ1n) is 5.87. The second-order valence-electron chi connectivity index (χ2n) is 4.41. The largest absolute Gasteiger partial charge is 0.326 e. The van der Waals surface area contributed by atoms with E-state index in [1.165, 1.54) is 12.1 Å². The Bertz CT molecular complexity index is 769. The number of alkyl halides is 4. The van der Waals surface area contributed by atoms with E-state index in [0.717, 1.165) is 13.1 Å². The van der Waals surface area contributed by atoms with Gasteiger partial charge in [-0.3, -0.25) is 9.59 Å². The van der Waals surface area contributed by atoms with Gasteiger partial charge in [0.1, 0.15) is 6.04 Å². The molecule has 0 bridgehead atoms. The summed E-state index contributed by atoms with van der Waals surface area (Å²) < 4.78 is 51.9. The van der Waals surface area contributed by atoms with Gasteiger partial charge in [-0.1, -0.05) is 6.07 Å². The van der Waals surface area contributed by atoms with E-state index in [0.29, 0.717) is 0 Å². The third-order valence-electron chi connectivity index (χ3n) is 3.04. The lowest BCUT2D eigenvalue weighted by atomic mass is 10.00. The Hall–Kier alpha value is -2.16. The topological polar surface area (TPSA) is 77.8 Å². The van der Waals surface area contributed by atoms with Crippen molar-refractivity contribution in [3.8, 4) is 0 Å². The van der Waals surface area contributed by atoms with Crippen molar-refractivity contribution < 1.29 is 17.6 Å². The first kappa shape index (κ1) is 15.2. The van der Waals surface area contributed by atoms with E-state index in [9.17, 15) is 27.2 Å². The molecule has 1 heterocycles. The molecule has 9 heteroatoms. The lowest BCUT2D eigenvalue weighted by Crippen LogP contribution is -2.41. The third kappa shape index (κ3) is 2.68. The van der Waals surface area contributed by atoms with Gasteiger partial charge in [-0.15, -0.1) is 0 Å². The van der Waals surface area contributed by atoms with Crippen molar-refractivity contribution in [2.24, 2.45) is 0 Å². The number of H-pyrrole nitrogens is 2. The van der Waals surface area contributed by atoms with Crippen LogP contribution in [0.5, 0.6) is 0 Å². The average Bonchev–Trinajstić information content (AvgIpc) is 2.40. The van der Waals surface area contributed by atoms with Gasteiger partial charge in [0.05, 0.1) is 11.0 Å². The Morgan fingerprint density at radius 1 is 1.10 bits per heavy atom. The van der Waals surface area contributed by atoms with Crippen LogP contribution in [-0.4, -0.2) is 29.4 Å². The van der Waals surface area contributed by atoms with Gasteiger partial charge in [0, 0.05) is 0 Å². The average molecular weight is 305 g/mol. The van der Waals surface area contributed by atoms with Gasteiger partial charge in [-0.25, -0.2) is 8.78 Å².